The number of carbonyl (C=O) groups excluding carboxylic acids is 2. The van der Waals surface area contributed by atoms with E-state index in [-0.39, 0.29) is 19.5 Å². The molecule has 88 valence electrons. The fourth-order valence-electron chi connectivity index (χ4n) is 1.25. The molecule has 0 fully saturated rings. The number of unbranched alkanes of at least 4 members (excludes halogenated alkanes) is 5. The molecule has 0 bridgehead atoms. The van der Waals surface area contributed by atoms with E-state index < -0.39 is 11.9 Å². The Bertz CT molecular complexity index is 214. The minimum absolute atomic E-state index is 0. The summed E-state index contributed by atoms with van der Waals surface area (Å²) in [7, 11) is 0. The smallest absolute Gasteiger partial charge is 0.337 e. The fourth-order valence-corrected chi connectivity index (χ4v) is 1.25. The Balaban J connectivity index is 0. The molecule has 0 radical (unpaired) electrons. The predicted octanol–water partition coefficient (Wildman–Crippen LogP) is 2.99. The molecule has 0 aliphatic rings. The van der Waals surface area contributed by atoms with E-state index in [1.807, 2.05) is 0 Å². The Morgan fingerprint density at radius 3 is 2.25 bits per heavy atom. The van der Waals surface area contributed by atoms with Crippen molar-refractivity contribution in [1.29, 1.82) is 0 Å². The molecule has 0 atom stereocenters. The summed E-state index contributed by atoms with van der Waals surface area (Å²) >= 11 is 0. The third-order valence-corrected chi connectivity index (χ3v) is 2.12. The first-order valence-corrected chi connectivity index (χ1v) is 5.57. The maximum absolute atomic E-state index is 11.0. The summed E-state index contributed by atoms with van der Waals surface area (Å²) < 4.78 is 4.43. The molecule has 0 N–H and O–H groups in total. The van der Waals surface area contributed by atoms with E-state index in [0.717, 1.165) is 25.3 Å². The topological polar surface area (TPSA) is 43.4 Å². The van der Waals surface area contributed by atoms with Crippen LogP contribution in [0.2, 0.25) is 0 Å². The standard InChI is InChI=1S/C12H20O3.Zn/c1-3-5-6-7-8-9-10-12(14)15-11(13)4-2;/h4H,2-3,5-10H2,1H3;. The third-order valence-electron chi connectivity index (χ3n) is 2.12. The van der Waals surface area contributed by atoms with Gasteiger partial charge in [-0.3, -0.25) is 4.79 Å². The number of carbonyl (C=O) groups is 2. The van der Waals surface area contributed by atoms with E-state index in [1.54, 1.807) is 0 Å². The number of rotatable bonds is 8. The molecule has 0 aromatic rings. The summed E-state index contributed by atoms with van der Waals surface area (Å²) in [5.41, 5.74) is 0. The average molecular weight is 278 g/mol. The van der Waals surface area contributed by atoms with Crippen molar-refractivity contribution < 1.29 is 33.8 Å². The summed E-state index contributed by atoms with van der Waals surface area (Å²) in [5.74, 6) is -1.11. The van der Waals surface area contributed by atoms with Crippen LogP contribution in [0.15, 0.2) is 12.7 Å². The van der Waals surface area contributed by atoms with Gasteiger partial charge in [-0.15, -0.1) is 0 Å². The molecule has 16 heavy (non-hydrogen) atoms. The quantitative estimate of drug-likeness (QED) is 0.225. The normalized spacial score (nSPS) is 9.06. The zero-order valence-electron chi connectivity index (χ0n) is 10.2. The van der Waals surface area contributed by atoms with Crippen LogP contribution in [-0.4, -0.2) is 11.9 Å². The fraction of sp³-hybridized carbons (Fsp3) is 0.667. The van der Waals surface area contributed by atoms with Crippen molar-refractivity contribution >= 4 is 11.9 Å². The summed E-state index contributed by atoms with van der Waals surface area (Å²) in [6.45, 7) is 5.38. The first kappa shape index (κ1) is 17.9. The Morgan fingerprint density at radius 1 is 1.12 bits per heavy atom. The maximum atomic E-state index is 11.0. The Morgan fingerprint density at radius 2 is 1.69 bits per heavy atom. The van der Waals surface area contributed by atoms with E-state index in [9.17, 15) is 9.59 Å². The summed E-state index contributed by atoms with van der Waals surface area (Å²) in [4.78, 5) is 21.6. The molecule has 0 aromatic heterocycles. The van der Waals surface area contributed by atoms with Gasteiger partial charge in [0.1, 0.15) is 0 Å². The third kappa shape index (κ3) is 11.6. The molecule has 0 aromatic carbocycles. The molecule has 0 spiro atoms. The molecule has 0 aliphatic heterocycles. The van der Waals surface area contributed by atoms with E-state index in [2.05, 4.69) is 18.2 Å². The van der Waals surface area contributed by atoms with Crippen LogP contribution >= 0.6 is 0 Å². The van der Waals surface area contributed by atoms with Crippen molar-refractivity contribution in [2.45, 2.75) is 51.9 Å². The van der Waals surface area contributed by atoms with Crippen LogP contribution in [0, 0.1) is 0 Å². The van der Waals surface area contributed by atoms with E-state index in [0.29, 0.717) is 6.42 Å². The summed E-state index contributed by atoms with van der Waals surface area (Å²) in [5, 5.41) is 0. The van der Waals surface area contributed by atoms with Crippen LogP contribution in [0.3, 0.4) is 0 Å². The van der Waals surface area contributed by atoms with Gasteiger partial charge in [-0.2, -0.15) is 0 Å². The van der Waals surface area contributed by atoms with Gasteiger partial charge >= 0.3 is 11.9 Å². The van der Waals surface area contributed by atoms with Gasteiger partial charge in [0, 0.05) is 32.0 Å². The van der Waals surface area contributed by atoms with Crippen LogP contribution < -0.4 is 0 Å². The predicted molar refractivity (Wildman–Crippen MR) is 59.3 cm³/mol. The number of hydrogen-bond donors (Lipinski definition) is 0. The molecule has 0 amide bonds. The van der Waals surface area contributed by atoms with Crippen molar-refractivity contribution in [3.63, 3.8) is 0 Å². The van der Waals surface area contributed by atoms with E-state index in [1.165, 1.54) is 19.3 Å². The maximum Gasteiger partial charge on any atom is 0.337 e. The van der Waals surface area contributed by atoms with Gasteiger partial charge in [-0.25, -0.2) is 4.79 Å². The van der Waals surface area contributed by atoms with Crippen molar-refractivity contribution in [3.05, 3.63) is 12.7 Å². The van der Waals surface area contributed by atoms with Gasteiger partial charge < -0.3 is 4.74 Å². The first-order valence-electron chi connectivity index (χ1n) is 5.57. The second-order valence-electron chi connectivity index (χ2n) is 3.51. The summed E-state index contributed by atoms with van der Waals surface area (Å²) in [6, 6.07) is 0. The number of hydrogen-bond acceptors (Lipinski definition) is 3. The number of esters is 2. The SMILES string of the molecule is C=CC(=O)OC(=O)CCCCCCCC.[Zn]. The monoisotopic (exact) mass is 276 g/mol. The molecule has 3 nitrogen and oxygen atoms in total. The van der Waals surface area contributed by atoms with Crippen LogP contribution in [0.1, 0.15) is 51.9 Å². The van der Waals surface area contributed by atoms with Gasteiger partial charge in [0.15, 0.2) is 0 Å². The molecular formula is C12H20O3Zn. The van der Waals surface area contributed by atoms with Crippen LogP contribution in [0.5, 0.6) is 0 Å². The van der Waals surface area contributed by atoms with Gasteiger partial charge in [0.05, 0.1) is 0 Å². The average Bonchev–Trinajstić information content (AvgIpc) is 2.23. The zero-order valence-corrected chi connectivity index (χ0v) is 13.1. The largest absolute Gasteiger partial charge is 0.390 e. The van der Waals surface area contributed by atoms with Crippen LogP contribution in [0.25, 0.3) is 0 Å². The molecule has 0 saturated carbocycles. The van der Waals surface area contributed by atoms with Crippen LogP contribution in [0.4, 0.5) is 0 Å². The minimum atomic E-state index is -0.661. The van der Waals surface area contributed by atoms with E-state index >= 15 is 0 Å². The van der Waals surface area contributed by atoms with Gasteiger partial charge in [-0.05, 0) is 6.42 Å². The molecular weight excluding hydrogens is 258 g/mol. The second kappa shape index (κ2) is 12.6. The zero-order chi connectivity index (χ0) is 11.5. The Kier molecular flexibility index (Phi) is 14.1. The Hall–Kier alpha value is -0.497. The number of ether oxygens (including phenoxy) is 1. The molecule has 0 heterocycles. The van der Waals surface area contributed by atoms with Crippen molar-refractivity contribution in [1.82, 2.24) is 0 Å². The van der Waals surface area contributed by atoms with Gasteiger partial charge in [-0.1, -0.05) is 45.6 Å². The van der Waals surface area contributed by atoms with Gasteiger partial charge in [0.25, 0.3) is 0 Å². The Labute approximate surface area is 110 Å². The molecule has 0 saturated heterocycles. The van der Waals surface area contributed by atoms with Crippen LogP contribution in [-0.2, 0) is 33.8 Å². The van der Waals surface area contributed by atoms with Crippen molar-refractivity contribution in [3.8, 4) is 0 Å². The molecule has 0 aliphatic carbocycles. The van der Waals surface area contributed by atoms with Crippen molar-refractivity contribution in [2.75, 3.05) is 0 Å². The van der Waals surface area contributed by atoms with E-state index in [4.69, 9.17) is 0 Å². The molecule has 0 unspecified atom stereocenters. The first-order chi connectivity index (χ1) is 7.20. The molecule has 4 heteroatoms. The van der Waals surface area contributed by atoms with Crippen molar-refractivity contribution in [2.24, 2.45) is 0 Å². The summed E-state index contributed by atoms with van der Waals surface area (Å²) in [6.07, 6.45) is 7.98. The molecule has 0 rings (SSSR count). The second-order valence-corrected chi connectivity index (χ2v) is 3.51. The van der Waals surface area contributed by atoms with Gasteiger partial charge in [0.2, 0.25) is 0 Å². The minimum Gasteiger partial charge on any atom is -0.390 e.